The Balaban J connectivity index is 1.49. The number of benzene rings is 2. The van der Waals surface area contributed by atoms with Crippen LogP contribution in [0.5, 0.6) is 5.75 Å². The van der Waals surface area contributed by atoms with Crippen LogP contribution in [0.25, 0.3) is 0 Å². The molecule has 1 aliphatic heterocycles. The lowest BCUT2D eigenvalue weighted by atomic mass is 9.68. The first-order valence-electron chi connectivity index (χ1n) is 13.7. The minimum absolute atomic E-state index is 0.00800. The molecular formula is C32H33N5O3S2. The van der Waals surface area contributed by atoms with E-state index < -0.39 is 5.92 Å². The van der Waals surface area contributed by atoms with E-state index in [1.165, 1.54) is 28.7 Å². The van der Waals surface area contributed by atoms with Crippen molar-refractivity contribution in [3.8, 4) is 11.8 Å². The van der Waals surface area contributed by atoms with E-state index in [-0.39, 0.29) is 28.6 Å². The van der Waals surface area contributed by atoms with E-state index in [4.69, 9.17) is 10.5 Å². The lowest BCUT2D eigenvalue weighted by Crippen LogP contribution is -2.42. The summed E-state index contributed by atoms with van der Waals surface area (Å²) in [6.07, 6.45) is 0.968. The van der Waals surface area contributed by atoms with Crippen LogP contribution < -0.4 is 15.4 Å². The van der Waals surface area contributed by atoms with Crippen molar-refractivity contribution in [3.63, 3.8) is 0 Å². The van der Waals surface area contributed by atoms with Gasteiger partial charge < -0.3 is 10.5 Å². The van der Waals surface area contributed by atoms with Crippen LogP contribution in [0.3, 0.4) is 0 Å². The quantitative estimate of drug-likeness (QED) is 0.226. The molecule has 2 N–H and O–H groups in total. The number of nitrogens with zero attached hydrogens (tertiary/aromatic N) is 4. The van der Waals surface area contributed by atoms with Gasteiger partial charge in [-0.3, -0.25) is 14.5 Å². The van der Waals surface area contributed by atoms with Gasteiger partial charge in [0, 0.05) is 23.3 Å². The molecule has 3 aromatic rings. The zero-order valence-corrected chi connectivity index (χ0v) is 25.9. The molecule has 0 bridgehead atoms. The van der Waals surface area contributed by atoms with Gasteiger partial charge in [0.2, 0.25) is 5.13 Å². The van der Waals surface area contributed by atoms with Gasteiger partial charge in [-0.15, -0.1) is 10.2 Å². The van der Waals surface area contributed by atoms with E-state index in [1.54, 1.807) is 36.3 Å². The summed E-state index contributed by atoms with van der Waals surface area (Å²) in [5.74, 6) is 0.901. The molecule has 1 unspecified atom stereocenters. The van der Waals surface area contributed by atoms with Crippen LogP contribution in [-0.2, 0) is 4.79 Å². The average Bonchev–Trinajstić information content (AvgIpc) is 3.43. The SMILES string of the molecule is COc1ccc(C(=O)CSc2nnc(N3C(N)=C(C#N)C(c4ccc(C(C)C)cc4)C4=C3CC(C)(C)CC4=O)s2)cc1. The predicted octanol–water partition coefficient (Wildman–Crippen LogP) is 6.59. The van der Waals surface area contributed by atoms with Crippen LogP contribution >= 0.6 is 23.1 Å². The lowest BCUT2D eigenvalue weighted by molar-refractivity contribution is -0.118. The number of anilines is 1. The Morgan fingerprint density at radius 2 is 1.86 bits per heavy atom. The number of hydrogen-bond donors (Lipinski definition) is 1. The maximum absolute atomic E-state index is 13.8. The van der Waals surface area contributed by atoms with Gasteiger partial charge in [0.25, 0.3) is 0 Å². The van der Waals surface area contributed by atoms with Crippen LogP contribution in [-0.4, -0.2) is 34.6 Å². The Labute approximate surface area is 254 Å². The molecule has 42 heavy (non-hydrogen) atoms. The molecular weight excluding hydrogens is 567 g/mol. The van der Waals surface area contributed by atoms with E-state index in [2.05, 4.69) is 56.1 Å². The number of Topliss-reactive ketones (excluding diaryl/α,β-unsaturated/α-hetero) is 2. The molecule has 2 heterocycles. The third-order valence-electron chi connectivity index (χ3n) is 7.64. The van der Waals surface area contributed by atoms with Crippen molar-refractivity contribution in [2.24, 2.45) is 11.1 Å². The van der Waals surface area contributed by atoms with Crippen molar-refractivity contribution in [2.75, 3.05) is 17.8 Å². The first kappa shape index (κ1) is 29.5. The number of carbonyl (C=O) groups is 2. The number of ether oxygens (including phenoxy) is 1. The molecule has 0 amide bonds. The van der Waals surface area contributed by atoms with Gasteiger partial charge in [-0.1, -0.05) is 75.1 Å². The monoisotopic (exact) mass is 599 g/mol. The standard InChI is InChI=1S/C32H33N5O3S2/c1-18(2)19-6-8-21(9-7-19)27-23(16-33)29(34)37(24-14-32(3,4)15-25(38)28(24)27)30-35-36-31(42-30)41-17-26(39)20-10-12-22(40-5)13-11-20/h6-13,18,27H,14-15,17,34H2,1-5H3. The lowest BCUT2D eigenvalue weighted by Gasteiger charge is -2.42. The number of nitriles is 1. The van der Waals surface area contributed by atoms with Crippen LogP contribution in [0.15, 0.2) is 75.5 Å². The van der Waals surface area contributed by atoms with Crippen molar-refractivity contribution in [1.82, 2.24) is 10.2 Å². The molecule has 0 radical (unpaired) electrons. The second kappa shape index (κ2) is 11.7. The molecule has 1 aromatic heterocycles. The number of allylic oxidation sites excluding steroid dienone is 3. The van der Waals surface area contributed by atoms with E-state index in [0.717, 1.165) is 11.3 Å². The van der Waals surface area contributed by atoms with E-state index >= 15 is 0 Å². The molecule has 216 valence electrons. The smallest absolute Gasteiger partial charge is 0.219 e. The summed E-state index contributed by atoms with van der Waals surface area (Å²) in [6, 6.07) is 17.4. The molecule has 5 rings (SSSR count). The Hall–Kier alpha value is -3.94. The minimum atomic E-state index is -0.546. The third kappa shape index (κ3) is 5.72. The summed E-state index contributed by atoms with van der Waals surface area (Å²) in [7, 11) is 1.58. The molecule has 10 heteroatoms. The van der Waals surface area contributed by atoms with Crippen molar-refractivity contribution in [2.45, 2.75) is 56.7 Å². The third-order valence-corrected chi connectivity index (χ3v) is 9.69. The number of hydrogen-bond acceptors (Lipinski definition) is 10. The largest absolute Gasteiger partial charge is 0.497 e. The van der Waals surface area contributed by atoms with Crippen molar-refractivity contribution < 1.29 is 14.3 Å². The molecule has 0 saturated carbocycles. The van der Waals surface area contributed by atoms with Crippen LogP contribution in [0.1, 0.15) is 73.9 Å². The molecule has 0 saturated heterocycles. The molecule has 1 atom stereocenters. The second-order valence-corrected chi connectivity index (χ2v) is 13.8. The Morgan fingerprint density at radius 1 is 1.17 bits per heavy atom. The first-order valence-corrected chi connectivity index (χ1v) is 15.5. The fraction of sp³-hybridized carbons (Fsp3) is 0.344. The Kier molecular flexibility index (Phi) is 8.26. The van der Waals surface area contributed by atoms with Gasteiger partial charge in [0.15, 0.2) is 15.9 Å². The number of ketones is 2. The zero-order chi connectivity index (χ0) is 30.2. The first-order chi connectivity index (χ1) is 20.0. The number of thioether (sulfide) groups is 1. The summed E-state index contributed by atoms with van der Waals surface area (Å²) in [5, 5.41) is 19.5. The van der Waals surface area contributed by atoms with Gasteiger partial charge in [0.1, 0.15) is 11.6 Å². The predicted molar refractivity (Wildman–Crippen MR) is 166 cm³/mol. The fourth-order valence-electron chi connectivity index (χ4n) is 5.47. The summed E-state index contributed by atoms with van der Waals surface area (Å²) >= 11 is 2.57. The Bertz CT molecular complexity index is 1630. The molecule has 1 aliphatic carbocycles. The van der Waals surface area contributed by atoms with E-state index in [9.17, 15) is 14.9 Å². The van der Waals surface area contributed by atoms with Crippen molar-refractivity contribution in [3.05, 3.63) is 87.9 Å². The van der Waals surface area contributed by atoms with Gasteiger partial charge >= 0.3 is 0 Å². The van der Waals surface area contributed by atoms with E-state index in [1.807, 2.05) is 12.1 Å². The highest BCUT2D eigenvalue weighted by atomic mass is 32.2. The molecule has 0 spiro atoms. The Morgan fingerprint density at radius 3 is 2.48 bits per heavy atom. The van der Waals surface area contributed by atoms with Crippen LogP contribution in [0.2, 0.25) is 0 Å². The fourth-order valence-corrected chi connectivity index (χ4v) is 7.25. The topological polar surface area (TPSA) is 122 Å². The van der Waals surface area contributed by atoms with E-state index in [0.29, 0.717) is 50.7 Å². The maximum atomic E-state index is 13.8. The minimum Gasteiger partial charge on any atom is -0.497 e. The van der Waals surface area contributed by atoms with Crippen molar-refractivity contribution >= 4 is 39.8 Å². The van der Waals surface area contributed by atoms with Crippen molar-refractivity contribution in [1.29, 1.82) is 5.26 Å². The highest BCUT2D eigenvalue weighted by molar-refractivity contribution is 8.01. The number of nitrogens with two attached hydrogens (primary N) is 1. The molecule has 0 fully saturated rings. The van der Waals surface area contributed by atoms with Gasteiger partial charge in [-0.25, -0.2) is 0 Å². The summed E-state index contributed by atoms with van der Waals surface area (Å²) in [6.45, 7) is 8.38. The molecule has 2 aliphatic rings. The molecule has 2 aromatic carbocycles. The zero-order valence-electron chi connectivity index (χ0n) is 24.3. The van der Waals surface area contributed by atoms with Gasteiger partial charge in [-0.05, 0) is 53.1 Å². The highest BCUT2D eigenvalue weighted by Gasteiger charge is 2.45. The summed E-state index contributed by atoms with van der Waals surface area (Å²) < 4.78 is 5.76. The second-order valence-electron chi connectivity index (χ2n) is 11.6. The number of methoxy groups -OCH3 is 1. The number of carbonyl (C=O) groups excluding carboxylic acids is 2. The highest BCUT2D eigenvalue weighted by Crippen LogP contribution is 2.50. The normalized spacial score (nSPS) is 18.3. The van der Waals surface area contributed by atoms with Crippen LogP contribution in [0, 0.1) is 16.7 Å². The summed E-state index contributed by atoms with van der Waals surface area (Å²) in [4.78, 5) is 28.3. The summed E-state index contributed by atoms with van der Waals surface area (Å²) in [5.41, 5.74) is 10.8. The average molecular weight is 600 g/mol. The molecule has 8 nitrogen and oxygen atoms in total. The maximum Gasteiger partial charge on any atom is 0.219 e. The van der Waals surface area contributed by atoms with Crippen LogP contribution in [0.4, 0.5) is 5.13 Å². The van der Waals surface area contributed by atoms with Gasteiger partial charge in [-0.2, -0.15) is 5.26 Å². The number of aromatic nitrogens is 2. The number of rotatable bonds is 8. The van der Waals surface area contributed by atoms with Gasteiger partial charge in [0.05, 0.1) is 30.4 Å².